The molecule has 0 saturated carbocycles. The van der Waals surface area contributed by atoms with Crippen molar-refractivity contribution in [1.82, 2.24) is 0 Å². The fourth-order valence-electron chi connectivity index (χ4n) is 2.17. The van der Waals surface area contributed by atoms with E-state index in [9.17, 15) is 18.3 Å². The van der Waals surface area contributed by atoms with Gasteiger partial charge in [0.05, 0.1) is 9.79 Å². The molecule has 0 bridgehead atoms. The van der Waals surface area contributed by atoms with Crippen LogP contribution in [0, 0.1) is 0 Å². The van der Waals surface area contributed by atoms with Crippen molar-refractivity contribution in [2.24, 2.45) is 5.73 Å². The molecule has 6 nitrogen and oxygen atoms in total. The molecule has 0 fully saturated rings. The minimum absolute atomic E-state index is 0.0346. The van der Waals surface area contributed by atoms with Gasteiger partial charge in [0.15, 0.2) is 0 Å². The molecule has 7 heteroatoms. The predicted octanol–water partition coefficient (Wildman–Crippen LogP) is 1.81. The molecule has 0 heterocycles. The van der Waals surface area contributed by atoms with E-state index in [1.165, 1.54) is 18.2 Å². The van der Waals surface area contributed by atoms with Crippen LogP contribution in [0.5, 0.6) is 5.75 Å². The van der Waals surface area contributed by atoms with Gasteiger partial charge in [0, 0.05) is 6.04 Å². The number of nitrogens with two attached hydrogens (primary N) is 1. The summed E-state index contributed by atoms with van der Waals surface area (Å²) in [6.45, 7) is 1.86. The number of phenols is 1. The second-order valence-electron chi connectivity index (χ2n) is 5.31. The highest BCUT2D eigenvalue weighted by atomic mass is 32.2. The number of sulfone groups is 1. The van der Waals surface area contributed by atoms with Gasteiger partial charge in [0.2, 0.25) is 9.84 Å². The number of carbonyl (C=O) groups is 1. The Labute approximate surface area is 134 Å². The third-order valence-corrected chi connectivity index (χ3v) is 5.07. The maximum atomic E-state index is 12.6. The quantitative estimate of drug-likeness (QED) is 0.767. The lowest BCUT2D eigenvalue weighted by Crippen LogP contribution is -2.17. The predicted molar refractivity (Wildman–Crippen MR) is 84.3 cm³/mol. The summed E-state index contributed by atoms with van der Waals surface area (Å²) in [6, 6.07) is 9.41. The van der Waals surface area contributed by atoms with Gasteiger partial charge in [0.25, 0.3) is 0 Å². The van der Waals surface area contributed by atoms with Crippen LogP contribution in [0.25, 0.3) is 0 Å². The number of aromatic carboxylic acids is 1. The van der Waals surface area contributed by atoms with Crippen molar-refractivity contribution in [2.45, 2.75) is 29.2 Å². The molecule has 0 aromatic heterocycles. The van der Waals surface area contributed by atoms with E-state index < -0.39 is 27.1 Å². The topological polar surface area (TPSA) is 118 Å². The molecular formula is C16H17NO5S. The van der Waals surface area contributed by atoms with E-state index in [-0.39, 0.29) is 15.8 Å². The minimum Gasteiger partial charge on any atom is -0.507 e. The number of hydrogen-bond donors (Lipinski definition) is 3. The molecule has 1 unspecified atom stereocenters. The molecule has 0 aliphatic carbocycles. The second-order valence-corrected chi connectivity index (χ2v) is 7.26. The SMILES string of the molecule is CC(N)Cc1ccc(S(=O)(=O)c2ccc(O)c(C(=O)O)c2)cc1. The highest BCUT2D eigenvalue weighted by molar-refractivity contribution is 7.91. The van der Waals surface area contributed by atoms with Crippen LogP contribution in [-0.2, 0) is 16.3 Å². The first-order valence-corrected chi connectivity index (χ1v) is 8.36. The summed E-state index contributed by atoms with van der Waals surface area (Å²) in [5.74, 6) is -1.88. The Kier molecular flexibility index (Phi) is 4.72. The summed E-state index contributed by atoms with van der Waals surface area (Å²) in [5, 5.41) is 18.5. The molecule has 0 saturated heterocycles. The molecule has 122 valence electrons. The van der Waals surface area contributed by atoms with Crippen LogP contribution in [0.1, 0.15) is 22.8 Å². The van der Waals surface area contributed by atoms with Crippen molar-refractivity contribution in [1.29, 1.82) is 0 Å². The van der Waals surface area contributed by atoms with Crippen molar-refractivity contribution in [3.8, 4) is 5.75 Å². The maximum Gasteiger partial charge on any atom is 0.339 e. The van der Waals surface area contributed by atoms with Crippen molar-refractivity contribution >= 4 is 15.8 Å². The van der Waals surface area contributed by atoms with Crippen molar-refractivity contribution in [2.75, 3.05) is 0 Å². The standard InChI is InChI=1S/C16H17NO5S/c1-10(17)8-11-2-4-12(5-3-11)23(21,22)13-6-7-15(18)14(9-13)16(19)20/h2-7,9-10,18H,8,17H2,1H3,(H,19,20). The van der Waals surface area contributed by atoms with Gasteiger partial charge >= 0.3 is 5.97 Å². The molecule has 23 heavy (non-hydrogen) atoms. The van der Waals surface area contributed by atoms with Crippen molar-refractivity contribution in [3.63, 3.8) is 0 Å². The molecule has 2 rings (SSSR count). The second kappa shape index (κ2) is 6.39. The number of rotatable bonds is 5. The van der Waals surface area contributed by atoms with Crippen molar-refractivity contribution < 1.29 is 23.4 Å². The van der Waals surface area contributed by atoms with E-state index >= 15 is 0 Å². The molecule has 1 atom stereocenters. The Morgan fingerprint density at radius 1 is 1.13 bits per heavy atom. The lowest BCUT2D eigenvalue weighted by molar-refractivity contribution is 0.0693. The Morgan fingerprint density at radius 2 is 1.70 bits per heavy atom. The van der Waals surface area contributed by atoms with Gasteiger partial charge in [-0.3, -0.25) is 0 Å². The van der Waals surface area contributed by atoms with Gasteiger partial charge < -0.3 is 15.9 Å². The number of carboxylic acid groups (broad SMARTS) is 1. The third kappa shape index (κ3) is 3.69. The first kappa shape index (κ1) is 17.0. The van der Waals surface area contributed by atoms with Crippen LogP contribution in [0.4, 0.5) is 0 Å². The minimum atomic E-state index is -3.86. The van der Waals surface area contributed by atoms with E-state index in [1.54, 1.807) is 12.1 Å². The van der Waals surface area contributed by atoms with Gasteiger partial charge in [-0.25, -0.2) is 13.2 Å². The van der Waals surface area contributed by atoms with E-state index in [0.29, 0.717) is 6.42 Å². The van der Waals surface area contributed by atoms with E-state index in [0.717, 1.165) is 17.7 Å². The average Bonchev–Trinajstić information content (AvgIpc) is 2.47. The normalized spacial score (nSPS) is 12.8. The zero-order chi connectivity index (χ0) is 17.2. The van der Waals surface area contributed by atoms with Gasteiger partial charge in [-0.2, -0.15) is 0 Å². The highest BCUT2D eigenvalue weighted by Crippen LogP contribution is 2.26. The summed E-state index contributed by atoms with van der Waals surface area (Å²) >= 11 is 0. The zero-order valence-electron chi connectivity index (χ0n) is 12.4. The fraction of sp³-hybridized carbons (Fsp3) is 0.188. The zero-order valence-corrected chi connectivity index (χ0v) is 13.2. The van der Waals surface area contributed by atoms with Gasteiger partial charge in [-0.15, -0.1) is 0 Å². The number of aromatic hydroxyl groups is 1. The summed E-state index contributed by atoms with van der Waals surface area (Å²) in [5.41, 5.74) is 6.16. The Morgan fingerprint density at radius 3 is 2.22 bits per heavy atom. The number of hydrogen-bond acceptors (Lipinski definition) is 5. The molecule has 0 aliphatic heterocycles. The van der Waals surface area contributed by atoms with Gasteiger partial charge in [0.1, 0.15) is 11.3 Å². The maximum absolute atomic E-state index is 12.6. The molecule has 2 aromatic carbocycles. The molecule has 4 N–H and O–H groups in total. The van der Waals surface area contributed by atoms with Crippen LogP contribution in [0.15, 0.2) is 52.3 Å². The Balaban J connectivity index is 2.42. The Hall–Kier alpha value is -2.38. The smallest absolute Gasteiger partial charge is 0.339 e. The van der Waals surface area contributed by atoms with Gasteiger partial charge in [-0.1, -0.05) is 12.1 Å². The number of carboxylic acids is 1. The molecule has 0 aliphatic rings. The lowest BCUT2D eigenvalue weighted by atomic mass is 10.1. The highest BCUT2D eigenvalue weighted by Gasteiger charge is 2.21. The molecule has 2 aromatic rings. The van der Waals surface area contributed by atoms with E-state index in [4.69, 9.17) is 10.8 Å². The van der Waals surface area contributed by atoms with Crippen LogP contribution in [0.3, 0.4) is 0 Å². The summed E-state index contributed by atoms with van der Waals surface area (Å²) in [6.07, 6.45) is 0.628. The fourth-order valence-corrected chi connectivity index (χ4v) is 3.45. The van der Waals surface area contributed by atoms with Gasteiger partial charge in [-0.05, 0) is 49.2 Å². The van der Waals surface area contributed by atoms with Crippen molar-refractivity contribution in [3.05, 3.63) is 53.6 Å². The first-order chi connectivity index (χ1) is 10.7. The summed E-state index contributed by atoms with van der Waals surface area (Å²) in [4.78, 5) is 10.9. The number of benzene rings is 2. The molecule has 0 spiro atoms. The van der Waals surface area contributed by atoms with Crippen LogP contribution in [-0.4, -0.2) is 30.6 Å². The summed E-state index contributed by atoms with van der Waals surface area (Å²) < 4.78 is 25.1. The average molecular weight is 335 g/mol. The monoisotopic (exact) mass is 335 g/mol. The molecule has 0 radical (unpaired) electrons. The lowest BCUT2D eigenvalue weighted by Gasteiger charge is -2.09. The van der Waals surface area contributed by atoms with Crippen LogP contribution < -0.4 is 5.73 Å². The van der Waals surface area contributed by atoms with E-state index in [1.807, 2.05) is 6.92 Å². The largest absolute Gasteiger partial charge is 0.507 e. The Bertz CT molecular complexity index is 826. The molecule has 0 amide bonds. The van der Waals surface area contributed by atoms with E-state index in [2.05, 4.69) is 0 Å². The third-order valence-electron chi connectivity index (χ3n) is 3.30. The first-order valence-electron chi connectivity index (χ1n) is 6.87. The molecular weight excluding hydrogens is 318 g/mol. The summed E-state index contributed by atoms with van der Waals surface area (Å²) in [7, 11) is -3.86. The van der Waals surface area contributed by atoms with Crippen LogP contribution >= 0.6 is 0 Å². The van der Waals surface area contributed by atoms with Crippen LogP contribution in [0.2, 0.25) is 0 Å².